The summed E-state index contributed by atoms with van der Waals surface area (Å²) in [6, 6.07) is 16.5. The van der Waals surface area contributed by atoms with Crippen LogP contribution in [-0.4, -0.2) is 23.5 Å². The van der Waals surface area contributed by atoms with Crippen molar-refractivity contribution in [2.45, 2.75) is 13.3 Å². The van der Waals surface area contributed by atoms with Gasteiger partial charge in [-0.3, -0.25) is 14.9 Å². The van der Waals surface area contributed by atoms with E-state index < -0.39 is 0 Å². The Morgan fingerprint density at radius 3 is 2.46 bits per heavy atom. The molecule has 0 radical (unpaired) electrons. The van der Waals surface area contributed by atoms with Crippen LogP contribution in [0.15, 0.2) is 60.7 Å². The Hall–Kier alpha value is -2.99. The maximum absolute atomic E-state index is 12.2. The third kappa shape index (κ3) is 6.14. The first-order valence-electron chi connectivity index (χ1n) is 8.32. The lowest BCUT2D eigenvalue weighted by Crippen LogP contribution is -2.34. The zero-order valence-corrected chi connectivity index (χ0v) is 15.3. The minimum Gasteiger partial charge on any atom is -0.352 e. The Labute approximate surface area is 158 Å². The van der Waals surface area contributed by atoms with Crippen molar-refractivity contribution in [3.63, 3.8) is 0 Å². The lowest BCUT2D eigenvalue weighted by atomic mass is 10.1. The summed E-state index contributed by atoms with van der Waals surface area (Å²) in [5.41, 5.74) is 1.93. The first kappa shape index (κ1) is 19.3. The Kier molecular flexibility index (Phi) is 7.51. The van der Waals surface area contributed by atoms with Crippen LogP contribution in [0.5, 0.6) is 0 Å². The van der Waals surface area contributed by atoms with Crippen LogP contribution in [0.3, 0.4) is 0 Å². The van der Waals surface area contributed by atoms with E-state index in [1.54, 1.807) is 30.3 Å². The number of rotatable bonds is 6. The van der Waals surface area contributed by atoms with E-state index in [1.165, 1.54) is 6.08 Å². The van der Waals surface area contributed by atoms with Gasteiger partial charge in [0.05, 0.1) is 11.3 Å². The summed E-state index contributed by atoms with van der Waals surface area (Å²) < 4.78 is 0. The summed E-state index contributed by atoms with van der Waals surface area (Å²) in [4.78, 5) is 24.2. The highest BCUT2D eigenvalue weighted by Gasteiger charge is 2.11. The van der Waals surface area contributed by atoms with Crippen LogP contribution in [0.1, 0.15) is 29.3 Å². The SMILES string of the molecule is CCCNC(=O)c1ccccc1NC(=S)NC(=O)/C=C/c1ccccc1. The van der Waals surface area contributed by atoms with E-state index in [0.717, 1.165) is 12.0 Å². The van der Waals surface area contributed by atoms with Gasteiger partial charge in [0.1, 0.15) is 0 Å². The van der Waals surface area contributed by atoms with Crippen molar-refractivity contribution < 1.29 is 9.59 Å². The average molecular weight is 367 g/mol. The van der Waals surface area contributed by atoms with E-state index in [-0.39, 0.29) is 16.9 Å². The van der Waals surface area contributed by atoms with Crippen molar-refractivity contribution in [1.82, 2.24) is 10.6 Å². The quantitative estimate of drug-likeness (QED) is 0.541. The normalized spacial score (nSPS) is 10.3. The molecule has 0 fully saturated rings. The second-order valence-corrected chi connectivity index (χ2v) is 5.90. The minimum atomic E-state index is -0.348. The molecule has 0 spiro atoms. The van der Waals surface area contributed by atoms with Crippen molar-refractivity contribution in [2.24, 2.45) is 0 Å². The summed E-state index contributed by atoms with van der Waals surface area (Å²) >= 11 is 5.17. The van der Waals surface area contributed by atoms with Crippen LogP contribution in [-0.2, 0) is 4.79 Å². The monoisotopic (exact) mass is 367 g/mol. The van der Waals surface area contributed by atoms with Gasteiger partial charge in [0.2, 0.25) is 5.91 Å². The summed E-state index contributed by atoms with van der Waals surface area (Å²) in [7, 11) is 0. The number of anilines is 1. The maximum atomic E-state index is 12.2. The lowest BCUT2D eigenvalue weighted by molar-refractivity contribution is -0.115. The van der Waals surface area contributed by atoms with E-state index in [4.69, 9.17) is 12.2 Å². The Balaban J connectivity index is 1.96. The first-order valence-corrected chi connectivity index (χ1v) is 8.73. The molecule has 0 saturated carbocycles. The van der Waals surface area contributed by atoms with Crippen molar-refractivity contribution in [3.8, 4) is 0 Å². The molecule has 2 rings (SSSR count). The van der Waals surface area contributed by atoms with Gasteiger partial charge < -0.3 is 10.6 Å². The summed E-state index contributed by atoms with van der Waals surface area (Å²) in [6.45, 7) is 2.58. The fourth-order valence-corrected chi connectivity index (χ4v) is 2.38. The molecular formula is C20H21N3O2S. The molecule has 0 heterocycles. The van der Waals surface area contributed by atoms with Crippen LogP contribution >= 0.6 is 12.2 Å². The van der Waals surface area contributed by atoms with E-state index in [1.807, 2.05) is 37.3 Å². The number of benzene rings is 2. The summed E-state index contributed by atoms with van der Waals surface area (Å²) in [5, 5.41) is 8.42. The molecule has 0 aromatic heterocycles. The highest BCUT2D eigenvalue weighted by atomic mass is 32.1. The van der Waals surface area contributed by atoms with Gasteiger partial charge in [-0.15, -0.1) is 0 Å². The Morgan fingerprint density at radius 1 is 1.04 bits per heavy atom. The number of para-hydroxylation sites is 1. The van der Waals surface area contributed by atoms with Crippen molar-refractivity contribution in [1.29, 1.82) is 0 Å². The minimum absolute atomic E-state index is 0.128. The predicted molar refractivity (Wildman–Crippen MR) is 109 cm³/mol. The molecule has 0 unspecified atom stereocenters. The second kappa shape index (κ2) is 10.1. The van der Waals surface area contributed by atoms with Gasteiger partial charge in [-0.05, 0) is 42.4 Å². The molecule has 0 bridgehead atoms. The van der Waals surface area contributed by atoms with Gasteiger partial charge in [-0.25, -0.2) is 0 Å². The predicted octanol–water partition coefficient (Wildman–Crippen LogP) is 3.35. The number of carbonyl (C=O) groups excluding carboxylic acids is 2. The number of amides is 2. The van der Waals surface area contributed by atoms with Crippen LogP contribution < -0.4 is 16.0 Å². The zero-order chi connectivity index (χ0) is 18.8. The number of thiocarbonyl (C=S) groups is 1. The molecule has 2 amide bonds. The van der Waals surface area contributed by atoms with Crippen molar-refractivity contribution in [3.05, 3.63) is 71.8 Å². The third-order valence-electron chi connectivity index (χ3n) is 3.42. The Morgan fingerprint density at radius 2 is 1.73 bits per heavy atom. The molecule has 5 nitrogen and oxygen atoms in total. The summed E-state index contributed by atoms with van der Waals surface area (Å²) in [5.74, 6) is -0.535. The molecule has 6 heteroatoms. The van der Waals surface area contributed by atoms with E-state index >= 15 is 0 Å². The standard InChI is InChI=1S/C20H21N3O2S/c1-2-14-21-19(25)16-10-6-7-11-17(16)22-20(26)23-18(24)13-12-15-8-4-3-5-9-15/h3-13H,2,14H2,1H3,(H,21,25)(H2,22,23,24,26)/b13-12+. The van der Waals surface area contributed by atoms with Gasteiger partial charge in [-0.1, -0.05) is 49.4 Å². The van der Waals surface area contributed by atoms with Gasteiger partial charge in [0, 0.05) is 12.6 Å². The maximum Gasteiger partial charge on any atom is 0.253 e. The van der Waals surface area contributed by atoms with Crippen molar-refractivity contribution >= 4 is 40.9 Å². The van der Waals surface area contributed by atoms with Crippen LogP contribution in [0.2, 0.25) is 0 Å². The highest BCUT2D eigenvalue weighted by molar-refractivity contribution is 7.80. The van der Waals surface area contributed by atoms with E-state index in [0.29, 0.717) is 17.8 Å². The molecule has 0 aliphatic carbocycles. The van der Waals surface area contributed by atoms with E-state index in [2.05, 4.69) is 16.0 Å². The van der Waals surface area contributed by atoms with Gasteiger partial charge >= 0.3 is 0 Å². The van der Waals surface area contributed by atoms with Gasteiger partial charge in [-0.2, -0.15) is 0 Å². The number of hydrogen-bond acceptors (Lipinski definition) is 3. The molecule has 0 atom stereocenters. The number of hydrogen-bond donors (Lipinski definition) is 3. The van der Waals surface area contributed by atoms with Crippen LogP contribution in [0.25, 0.3) is 6.08 Å². The molecule has 0 aliphatic heterocycles. The third-order valence-corrected chi connectivity index (χ3v) is 3.62. The molecule has 134 valence electrons. The molecule has 0 saturated heterocycles. The Bertz CT molecular complexity index is 804. The molecule has 0 aliphatic rings. The lowest BCUT2D eigenvalue weighted by Gasteiger charge is -2.12. The smallest absolute Gasteiger partial charge is 0.253 e. The molecule has 2 aromatic carbocycles. The van der Waals surface area contributed by atoms with Gasteiger partial charge in [0.25, 0.3) is 5.91 Å². The first-order chi connectivity index (χ1) is 12.6. The molecule has 3 N–H and O–H groups in total. The largest absolute Gasteiger partial charge is 0.352 e. The van der Waals surface area contributed by atoms with Crippen LogP contribution in [0, 0.1) is 0 Å². The zero-order valence-electron chi connectivity index (χ0n) is 14.5. The van der Waals surface area contributed by atoms with E-state index in [9.17, 15) is 9.59 Å². The second-order valence-electron chi connectivity index (χ2n) is 5.49. The summed E-state index contributed by atoms with van der Waals surface area (Å²) in [6.07, 6.45) is 3.96. The fraction of sp³-hybridized carbons (Fsp3) is 0.150. The fourth-order valence-electron chi connectivity index (χ4n) is 2.17. The highest BCUT2D eigenvalue weighted by Crippen LogP contribution is 2.14. The van der Waals surface area contributed by atoms with Crippen LogP contribution in [0.4, 0.5) is 5.69 Å². The molecule has 2 aromatic rings. The average Bonchev–Trinajstić information content (AvgIpc) is 2.65. The van der Waals surface area contributed by atoms with Gasteiger partial charge in [0.15, 0.2) is 5.11 Å². The molecule has 26 heavy (non-hydrogen) atoms. The number of carbonyl (C=O) groups is 2. The molecular weight excluding hydrogens is 346 g/mol. The number of nitrogens with one attached hydrogen (secondary N) is 3. The van der Waals surface area contributed by atoms with Crippen molar-refractivity contribution in [2.75, 3.05) is 11.9 Å². The topological polar surface area (TPSA) is 70.2 Å².